The van der Waals surface area contributed by atoms with Crippen molar-refractivity contribution >= 4 is 35.0 Å². The molecule has 0 radical (unpaired) electrons. The van der Waals surface area contributed by atoms with Crippen molar-refractivity contribution in [2.45, 2.75) is 31.7 Å². The van der Waals surface area contributed by atoms with E-state index in [1.165, 1.54) is 18.6 Å². The Morgan fingerprint density at radius 3 is 3.21 bits per heavy atom. The molecule has 1 aliphatic heterocycles. The fourth-order valence-electron chi connectivity index (χ4n) is 2.90. The van der Waals surface area contributed by atoms with Crippen molar-refractivity contribution in [3.05, 3.63) is 18.5 Å². The third-order valence-electron chi connectivity index (χ3n) is 4.41. The first-order valence-corrected chi connectivity index (χ1v) is 9.46. The molecule has 0 aromatic carbocycles. The molecule has 8 heteroatoms. The summed E-state index contributed by atoms with van der Waals surface area (Å²) in [4.78, 5) is 23.8. The molecule has 128 valence electrons. The van der Waals surface area contributed by atoms with Gasteiger partial charge in [0, 0.05) is 31.1 Å². The van der Waals surface area contributed by atoms with Crippen molar-refractivity contribution in [1.82, 2.24) is 24.6 Å². The highest BCUT2D eigenvalue weighted by atomic mass is 32.2. The van der Waals surface area contributed by atoms with Crippen molar-refractivity contribution in [3.63, 3.8) is 0 Å². The van der Waals surface area contributed by atoms with Gasteiger partial charge < -0.3 is 10.3 Å². The van der Waals surface area contributed by atoms with E-state index < -0.39 is 0 Å². The van der Waals surface area contributed by atoms with Crippen molar-refractivity contribution in [1.29, 1.82) is 0 Å². The average Bonchev–Trinajstić information content (AvgIpc) is 3.29. The lowest BCUT2D eigenvalue weighted by Gasteiger charge is -2.32. The van der Waals surface area contributed by atoms with Crippen LogP contribution >= 0.6 is 11.9 Å². The summed E-state index contributed by atoms with van der Waals surface area (Å²) in [6.45, 7) is 2.03. The predicted octanol–water partition coefficient (Wildman–Crippen LogP) is 2.60. The van der Waals surface area contributed by atoms with Gasteiger partial charge in [-0.1, -0.05) is 11.9 Å². The minimum absolute atomic E-state index is 0.189. The Balaban J connectivity index is 1.28. The standard InChI is InChI=1S/C16H22N6OS/c23-16(21-14-8-18-15-13(20-14)5-6-17-15)19-12-2-1-7-22(9-12)24-10-11-3-4-11/h5-6,8,11-12H,1-4,7,9-10H2,(H,17,18)(H2,19,20,21,23). The third-order valence-corrected chi connectivity index (χ3v) is 5.73. The number of rotatable bonds is 5. The van der Waals surface area contributed by atoms with Gasteiger partial charge in [0.1, 0.15) is 5.52 Å². The normalized spacial score (nSPS) is 21.8. The fourth-order valence-corrected chi connectivity index (χ4v) is 4.20. The first-order valence-electron chi connectivity index (χ1n) is 8.52. The minimum Gasteiger partial charge on any atom is -0.345 e. The highest BCUT2D eigenvalue weighted by Gasteiger charge is 2.26. The number of anilines is 1. The molecule has 1 saturated heterocycles. The molecule has 0 spiro atoms. The summed E-state index contributed by atoms with van der Waals surface area (Å²) in [5.41, 5.74) is 1.46. The summed E-state index contributed by atoms with van der Waals surface area (Å²) in [7, 11) is 0. The van der Waals surface area contributed by atoms with Crippen LogP contribution < -0.4 is 10.6 Å². The van der Waals surface area contributed by atoms with Gasteiger partial charge in [-0.2, -0.15) is 0 Å². The number of carbonyl (C=O) groups is 1. The number of fused-ring (bicyclic) bond motifs is 1. The number of H-pyrrole nitrogens is 1. The minimum atomic E-state index is -0.210. The Labute approximate surface area is 145 Å². The zero-order valence-corrected chi connectivity index (χ0v) is 14.3. The number of hydrogen-bond donors (Lipinski definition) is 3. The van der Waals surface area contributed by atoms with E-state index in [4.69, 9.17) is 0 Å². The van der Waals surface area contributed by atoms with Crippen LogP contribution in [0.5, 0.6) is 0 Å². The molecule has 2 fully saturated rings. The van der Waals surface area contributed by atoms with Crippen LogP contribution in [-0.4, -0.2) is 50.2 Å². The highest BCUT2D eigenvalue weighted by molar-refractivity contribution is 7.97. The molecule has 0 bridgehead atoms. The van der Waals surface area contributed by atoms with E-state index in [2.05, 4.69) is 29.9 Å². The molecule has 2 aromatic heterocycles. The van der Waals surface area contributed by atoms with E-state index in [0.717, 1.165) is 43.0 Å². The maximum Gasteiger partial charge on any atom is 0.320 e. The van der Waals surface area contributed by atoms with E-state index in [1.807, 2.05) is 18.0 Å². The predicted molar refractivity (Wildman–Crippen MR) is 95.8 cm³/mol. The smallest absolute Gasteiger partial charge is 0.320 e. The number of nitrogens with one attached hydrogen (secondary N) is 3. The van der Waals surface area contributed by atoms with Crippen LogP contribution in [0.25, 0.3) is 11.2 Å². The average molecular weight is 346 g/mol. The number of piperidine rings is 1. The van der Waals surface area contributed by atoms with Gasteiger partial charge in [0.05, 0.1) is 6.20 Å². The van der Waals surface area contributed by atoms with Gasteiger partial charge in [-0.05, 0) is 37.7 Å². The maximum atomic E-state index is 12.2. The molecule has 2 aliphatic rings. The quantitative estimate of drug-likeness (QED) is 0.725. The van der Waals surface area contributed by atoms with E-state index in [1.54, 1.807) is 12.4 Å². The molecule has 3 N–H and O–H groups in total. The zero-order valence-electron chi connectivity index (χ0n) is 13.5. The van der Waals surface area contributed by atoms with E-state index in [0.29, 0.717) is 5.82 Å². The van der Waals surface area contributed by atoms with Gasteiger partial charge in [-0.15, -0.1) is 0 Å². The molecule has 2 aromatic rings. The molecule has 3 heterocycles. The van der Waals surface area contributed by atoms with Crippen molar-refractivity contribution in [3.8, 4) is 0 Å². The highest BCUT2D eigenvalue weighted by Crippen LogP contribution is 2.34. The molecule has 1 unspecified atom stereocenters. The van der Waals surface area contributed by atoms with Crippen LogP contribution in [0.15, 0.2) is 18.5 Å². The second kappa shape index (κ2) is 6.98. The molecular weight excluding hydrogens is 324 g/mol. The molecule has 24 heavy (non-hydrogen) atoms. The van der Waals surface area contributed by atoms with Gasteiger partial charge >= 0.3 is 6.03 Å². The maximum absolute atomic E-state index is 12.2. The number of aromatic amines is 1. The topological polar surface area (TPSA) is 85.9 Å². The molecule has 1 atom stereocenters. The van der Waals surface area contributed by atoms with Gasteiger partial charge in [0.15, 0.2) is 11.5 Å². The fraction of sp³-hybridized carbons (Fsp3) is 0.562. The Morgan fingerprint density at radius 1 is 1.42 bits per heavy atom. The molecule has 2 amide bonds. The zero-order chi connectivity index (χ0) is 16.4. The Kier molecular flexibility index (Phi) is 4.57. The summed E-state index contributed by atoms with van der Waals surface area (Å²) >= 11 is 1.94. The van der Waals surface area contributed by atoms with Crippen molar-refractivity contribution < 1.29 is 4.79 Å². The Hall–Kier alpha value is -1.80. The van der Waals surface area contributed by atoms with Crippen molar-refractivity contribution in [2.24, 2.45) is 5.92 Å². The molecule has 1 aliphatic carbocycles. The van der Waals surface area contributed by atoms with E-state index in [9.17, 15) is 4.79 Å². The summed E-state index contributed by atoms with van der Waals surface area (Å²) < 4.78 is 2.40. The summed E-state index contributed by atoms with van der Waals surface area (Å²) in [6.07, 6.45) is 8.27. The molecule has 1 saturated carbocycles. The first kappa shape index (κ1) is 15.7. The van der Waals surface area contributed by atoms with Gasteiger partial charge in [0.25, 0.3) is 0 Å². The second-order valence-electron chi connectivity index (χ2n) is 6.53. The van der Waals surface area contributed by atoms with Crippen LogP contribution in [0.3, 0.4) is 0 Å². The summed E-state index contributed by atoms with van der Waals surface area (Å²) in [6, 6.07) is 1.81. The monoisotopic (exact) mass is 346 g/mol. The summed E-state index contributed by atoms with van der Waals surface area (Å²) in [5.74, 6) is 2.62. The number of aromatic nitrogens is 3. The summed E-state index contributed by atoms with van der Waals surface area (Å²) in [5, 5.41) is 5.85. The Morgan fingerprint density at radius 2 is 2.33 bits per heavy atom. The number of hydrogen-bond acceptors (Lipinski definition) is 5. The van der Waals surface area contributed by atoms with Crippen LogP contribution in [0.1, 0.15) is 25.7 Å². The number of amides is 2. The van der Waals surface area contributed by atoms with Gasteiger partial charge in [0.2, 0.25) is 0 Å². The second-order valence-corrected chi connectivity index (χ2v) is 7.64. The molecule has 4 rings (SSSR count). The lowest BCUT2D eigenvalue weighted by Crippen LogP contribution is -2.47. The largest absolute Gasteiger partial charge is 0.345 e. The first-order chi connectivity index (χ1) is 11.8. The van der Waals surface area contributed by atoms with Crippen molar-refractivity contribution in [2.75, 3.05) is 24.2 Å². The Bertz CT molecular complexity index is 715. The van der Waals surface area contributed by atoms with E-state index >= 15 is 0 Å². The lowest BCUT2D eigenvalue weighted by molar-refractivity contribution is 0.239. The molecule has 7 nitrogen and oxygen atoms in total. The van der Waals surface area contributed by atoms with Gasteiger partial charge in [-0.3, -0.25) is 5.32 Å². The van der Waals surface area contributed by atoms with Crippen LogP contribution in [0.2, 0.25) is 0 Å². The number of carbonyl (C=O) groups excluding carboxylic acids is 1. The number of urea groups is 1. The van der Waals surface area contributed by atoms with Crippen LogP contribution in [0.4, 0.5) is 10.6 Å². The lowest BCUT2D eigenvalue weighted by atomic mass is 10.1. The van der Waals surface area contributed by atoms with E-state index in [-0.39, 0.29) is 12.1 Å². The van der Waals surface area contributed by atoms with Crippen LogP contribution in [-0.2, 0) is 0 Å². The third kappa shape index (κ3) is 3.99. The van der Waals surface area contributed by atoms with Gasteiger partial charge in [-0.25, -0.2) is 19.1 Å². The number of nitrogens with zero attached hydrogens (tertiary/aromatic N) is 3. The molecular formula is C16H22N6OS. The SMILES string of the molecule is O=C(Nc1cnc2[nH]ccc2n1)NC1CCCN(SCC2CC2)C1. The van der Waals surface area contributed by atoms with Crippen LogP contribution in [0, 0.1) is 5.92 Å².